The molecule has 2 aliphatic rings. The lowest BCUT2D eigenvalue weighted by Crippen LogP contribution is -2.45. The molecule has 2 saturated heterocycles. The second-order valence-corrected chi connectivity index (χ2v) is 7.70. The summed E-state index contributed by atoms with van der Waals surface area (Å²) in [7, 11) is 0. The maximum Gasteiger partial charge on any atom is 0.257 e. The number of rotatable bonds is 4. The Hall–Kier alpha value is -1.33. The smallest absolute Gasteiger partial charge is 0.257 e. The van der Waals surface area contributed by atoms with E-state index in [1.54, 1.807) is 6.07 Å². The number of carbonyl (C=O) groups is 1. The molecule has 5 heteroatoms. The Balaban J connectivity index is 1.80. The summed E-state index contributed by atoms with van der Waals surface area (Å²) in [6.07, 6.45) is 6.93. The Kier molecular flexibility index (Phi) is 5.02. The third kappa shape index (κ3) is 3.38. The highest BCUT2D eigenvalue weighted by Crippen LogP contribution is 2.37. The van der Waals surface area contributed by atoms with Crippen molar-refractivity contribution in [1.82, 2.24) is 4.90 Å². The minimum atomic E-state index is -1.09. The summed E-state index contributed by atoms with van der Waals surface area (Å²) in [4.78, 5) is 15.0. The number of aliphatic hydroxyl groups is 1. The summed E-state index contributed by atoms with van der Waals surface area (Å²) >= 11 is 0. The van der Waals surface area contributed by atoms with E-state index in [1.807, 2.05) is 4.90 Å². The lowest BCUT2D eigenvalue weighted by atomic mass is 9.78. The lowest BCUT2D eigenvalue weighted by molar-refractivity contribution is -0.0805. The number of hydrogen-bond donors (Lipinski definition) is 1. The molecule has 0 radical (unpaired) electrons. The zero-order valence-electron chi connectivity index (χ0n) is 14.8. The van der Waals surface area contributed by atoms with Crippen LogP contribution in [0.4, 0.5) is 0 Å². The molecule has 24 heavy (non-hydrogen) atoms. The van der Waals surface area contributed by atoms with Gasteiger partial charge < -0.3 is 19.2 Å². The average Bonchev–Trinajstić information content (AvgIpc) is 3.05. The molecule has 5 nitrogen and oxygen atoms in total. The van der Waals surface area contributed by atoms with Crippen LogP contribution in [0.3, 0.4) is 0 Å². The maximum atomic E-state index is 13.1. The van der Waals surface area contributed by atoms with Gasteiger partial charge in [0.05, 0.1) is 11.8 Å². The van der Waals surface area contributed by atoms with Gasteiger partial charge in [0.25, 0.3) is 5.91 Å². The second-order valence-electron chi connectivity index (χ2n) is 7.70. The molecule has 0 bridgehead atoms. The molecule has 0 aromatic carbocycles. The summed E-state index contributed by atoms with van der Waals surface area (Å²) in [5.41, 5.74) is -0.377. The van der Waals surface area contributed by atoms with Gasteiger partial charge >= 0.3 is 0 Å². The Morgan fingerprint density at radius 3 is 2.79 bits per heavy atom. The summed E-state index contributed by atoms with van der Waals surface area (Å²) in [5, 5.41) is 10.9. The van der Waals surface area contributed by atoms with Crippen LogP contribution in [0.15, 0.2) is 16.7 Å². The van der Waals surface area contributed by atoms with Crippen LogP contribution in [0.25, 0.3) is 0 Å². The van der Waals surface area contributed by atoms with Gasteiger partial charge in [-0.15, -0.1) is 0 Å². The Labute approximate surface area is 144 Å². The lowest BCUT2D eigenvalue weighted by Gasteiger charge is -2.41. The quantitative estimate of drug-likeness (QED) is 0.917. The van der Waals surface area contributed by atoms with E-state index in [9.17, 15) is 9.90 Å². The molecule has 134 valence electrons. The SMILES string of the molecule is CCCC1(C)CCCN(C(=O)c2ccoc2C2(O)CCOCC2)C1. The Bertz CT molecular complexity index is 572. The molecule has 1 aromatic heterocycles. The van der Waals surface area contributed by atoms with Gasteiger partial charge in [0.1, 0.15) is 11.4 Å². The third-order valence-electron chi connectivity index (χ3n) is 5.56. The van der Waals surface area contributed by atoms with Crippen molar-refractivity contribution in [3.8, 4) is 0 Å². The number of nitrogens with zero attached hydrogens (tertiary/aromatic N) is 1. The molecule has 2 aliphatic heterocycles. The average molecular weight is 335 g/mol. The van der Waals surface area contributed by atoms with Crippen molar-refractivity contribution in [1.29, 1.82) is 0 Å². The summed E-state index contributed by atoms with van der Waals surface area (Å²) in [6, 6.07) is 1.71. The summed E-state index contributed by atoms with van der Waals surface area (Å²) in [6.45, 7) is 7.02. The maximum absolute atomic E-state index is 13.1. The Morgan fingerprint density at radius 2 is 2.08 bits per heavy atom. The van der Waals surface area contributed by atoms with Crippen LogP contribution >= 0.6 is 0 Å². The van der Waals surface area contributed by atoms with Crippen LogP contribution in [0, 0.1) is 5.41 Å². The van der Waals surface area contributed by atoms with Crippen molar-refractivity contribution < 1.29 is 19.1 Å². The van der Waals surface area contributed by atoms with Crippen LogP contribution in [0.5, 0.6) is 0 Å². The molecule has 3 heterocycles. The number of likely N-dealkylation sites (tertiary alicyclic amines) is 1. The summed E-state index contributed by atoms with van der Waals surface area (Å²) in [5.74, 6) is 0.402. The van der Waals surface area contributed by atoms with Gasteiger partial charge in [0.2, 0.25) is 0 Å². The van der Waals surface area contributed by atoms with Crippen LogP contribution in [-0.2, 0) is 10.3 Å². The fourth-order valence-corrected chi connectivity index (χ4v) is 4.24. The van der Waals surface area contributed by atoms with Crippen molar-refractivity contribution in [2.45, 2.75) is 58.0 Å². The molecular formula is C19H29NO4. The molecule has 0 spiro atoms. The molecule has 1 atom stereocenters. The van der Waals surface area contributed by atoms with Gasteiger partial charge in [-0.2, -0.15) is 0 Å². The number of carbonyl (C=O) groups excluding carboxylic acids is 1. The minimum absolute atomic E-state index is 0.0132. The topological polar surface area (TPSA) is 62.9 Å². The Morgan fingerprint density at radius 1 is 1.33 bits per heavy atom. The number of hydrogen-bond acceptors (Lipinski definition) is 4. The van der Waals surface area contributed by atoms with E-state index in [2.05, 4.69) is 13.8 Å². The van der Waals surface area contributed by atoms with E-state index < -0.39 is 5.60 Å². The van der Waals surface area contributed by atoms with Crippen LogP contribution in [-0.4, -0.2) is 42.2 Å². The molecule has 1 aromatic rings. The van der Waals surface area contributed by atoms with Gasteiger partial charge in [-0.05, 0) is 30.7 Å². The van der Waals surface area contributed by atoms with Gasteiger partial charge in [0, 0.05) is 39.1 Å². The van der Waals surface area contributed by atoms with Gasteiger partial charge in [0.15, 0.2) is 0 Å². The normalized spacial score (nSPS) is 27.2. The molecule has 3 rings (SSSR count). The van der Waals surface area contributed by atoms with Gasteiger partial charge in [-0.25, -0.2) is 0 Å². The number of amides is 1. The monoisotopic (exact) mass is 335 g/mol. The first-order valence-corrected chi connectivity index (χ1v) is 9.15. The number of piperidine rings is 1. The minimum Gasteiger partial charge on any atom is -0.465 e. The van der Waals surface area contributed by atoms with Gasteiger partial charge in [-0.3, -0.25) is 4.79 Å². The first-order chi connectivity index (χ1) is 11.5. The number of furan rings is 1. The molecule has 2 fully saturated rings. The van der Waals surface area contributed by atoms with E-state index in [-0.39, 0.29) is 11.3 Å². The molecule has 1 unspecified atom stereocenters. The van der Waals surface area contributed by atoms with Crippen molar-refractivity contribution in [2.24, 2.45) is 5.41 Å². The first-order valence-electron chi connectivity index (χ1n) is 9.15. The molecular weight excluding hydrogens is 306 g/mol. The van der Waals surface area contributed by atoms with Crippen LogP contribution in [0.2, 0.25) is 0 Å². The van der Waals surface area contributed by atoms with E-state index in [4.69, 9.17) is 9.15 Å². The largest absolute Gasteiger partial charge is 0.465 e. The molecule has 0 saturated carbocycles. The van der Waals surface area contributed by atoms with E-state index in [0.29, 0.717) is 37.4 Å². The zero-order valence-corrected chi connectivity index (χ0v) is 14.8. The van der Waals surface area contributed by atoms with Gasteiger partial charge in [-0.1, -0.05) is 20.3 Å². The fraction of sp³-hybridized carbons (Fsp3) is 0.737. The fourth-order valence-electron chi connectivity index (χ4n) is 4.24. The number of ether oxygens (including phenoxy) is 1. The highest BCUT2D eigenvalue weighted by atomic mass is 16.5. The van der Waals surface area contributed by atoms with E-state index >= 15 is 0 Å². The molecule has 0 aliphatic carbocycles. The summed E-state index contributed by atoms with van der Waals surface area (Å²) < 4.78 is 10.9. The van der Waals surface area contributed by atoms with Crippen LogP contribution in [0.1, 0.15) is 68.5 Å². The zero-order chi connectivity index (χ0) is 17.2. The van der Waals surface area contributed by atoms with E-state index in [1.165, 1.54) is 12.7 Å². The molecule has 1 N–H and O–H groups in total. The standard InChI is InChI=1S/C19H29NO4/c1-3-6-18(2)7-4-10-20(14-18)17(21)15-5-11-24-16(15)19(22)8-12-23-13-9-19/h5,11,22H,3-4,6-10,12-14H2,1-2H3. The third-order valence-corrected chi connectivity index (χ3v) is 5.56. The predicted octanol–water partition coefficient (Wildman–Crippen LogP) is 3.32. The van der Waals surface area contributed by atoms with E-state index in [0.717, 1.165) is 32.4 Å². The van der Waals surface area contributed by atoms with Crippen molar-refractivity contribution in [2.75, 3.05) is 26.3 Å². The predicted molar refractivity (Wildman–Crippen MR) is 90.8 cm³/mol. The molecule has 1 amide bonds. The second kappa shape index (κ2) is 6.89. The van der Waals surface area contributed by atoms with Crippen molar-refractivity contribution in [3.05, 3.63) is 23.7 Å². The highest BCUT2D eigenvalue weighted by molar-refractivity contribution is 5.95. The highest BCUT2D eigenvalue weighted by Gasteiger charge is 2.40. The van der Waals surface area contributed by atoms with Crippen LogP contribution < -0.4 is 0 Å². The van der Waals surface area contributed by atoms with Crippen molar-refractivity contribution in [3.63, 3.8) is 0 Å². The van der Waals surface area contributed by atoms with Crippen molar-refractivity contribution >= 4 is 5.91 Å². The first kappa shape index (κ1) is 17.5.